The Labute approximate surface area is 180 Å². The molecule has 2 fully saturated rings. The monoisotopic (exact) mass is 398 g/mol. The molecule has 164 valence electrons. The molecule has 0 spiro atoms. The van der Waals surface area contributed by atoms with Crippen LogP contribution in [0.1, 0.15) is 112 Å². The first-order chi connectivity index (χ1) is 13.8. The molecule has 7 atom stereocenters. The van der Waals surface area contributed by atoms with Crippen LogP contribution in [0.3, 0.4) is 0 Å². The third-order valence-electron chi connectivity index (χ3n) is 10.7. The van der Waals surface area contributed by atoms with Crippen LogP contribution < -0.4 is 0 Å². The van der Waals surface area contributed by atoms with E-state index in [-0.39, 0.29) is 0 Å². The molecule has 0 amide bonds. The Balaban J connectivity index is 1.51. The summed E-state index contributed by atoms with van der Waals surface area (Å²) in [5, 5.41) is 9.32. The summed E-state index contributed by atoms with van der Waals surface area (Å²) >= 11 is 0. The molecule has 0 aromatic carbocycles. The highest BCUT2D eigenvalue weighted by Gasteiger charge is 2.55. The lowest BCUT2D eigenvalue weighted by Gasteiger charge is -2.54. The summed E-state index contributed by atoms with van der Waals surface area (Å²) in [7, 11) is 0. The van der Waals surface area contributed by atoms with Crippen LogP contribution in [0, 0.1) is 40.4 Å². The lowest BCUT2D eigenvalue weighted by Crippen LogP contribution is -2.43. The second-order valence-electron chi connectivity index (χ2n) is 12.0. The van der Waals surface area contributed by atoms with Crippen LogP contribution in [-0.2, 0) is 0 Å². The normalized spacial score (nSPS) is 42.1. The molecule has 0 heterocycles. The van der Waals surface area contributed by atoms with Gasteiger partial charge in [0.25, 0.3) is 0 Å². The Morgan fingerprint density at radius 2 is 1.83 bits per heavy atom. The van der Waals surface area contributed by atoms with Crippen molar-refractivity contribution in [1.82, 2.24) is 0 Å². The fraction of sp³-hybridized carbons (Fsp3) is 0.857. The third-order valence-corrected chi connectivity index (χ3v) is 10.7. The zero-order valence-corrected chi connectivity index (χ0v) is 19.9. The van der Waals surface area contributed by atoms with Crippen LogP contribution in [0.4, 0.5) is 0 Å². The molecule has 0 radical (unpaired) electrons. The van der Waals surface area contributed by atoms with Gasteiger partial charge in [0, 0.05) is 0 Å². The minimum atomic E-state index is 0.509. The second-order valence-corrected chi connectivity index (χ2v) is 12.0. The number of hydrogen-bond acceptors (Lipinski definition) is 1. The minimum absolute atomic E-state index is 0.509. The molecule has 0 aromatic heterocycles. The fourth-order valence-corrected chi connectivity index (χ4v) is 8.54. The van der Waals surface area contributed by atoms with Gasteiger partial charge in [0.15, 0.2) is 0 Å². The van der Waals surface area contributed by atoms with Crippen LogP contribution in [-0.4, -0.2) is 5.11 Å². The standard InChI is InChI=1S/C28H46O/c1-19(21(3)18-29)9-10-20(2)24-13-14-25-23-12-11-22-8-6-7-16-27(22,4)26(23)15-17-28(24,25)5/h18-20,22,24-25,29H,6-17H2,1-5H3/t19-,20+,22?,24+,25-,27-,28+/m0/s1. The average Bonchev–Trinajstić information content (AvgIpc) is 3.08. The largest absolute Gasteiger partial charge is 0.516 e. The molecule has 4 rings (SSSR count). The molecule has 1 N–H and O–H groups in total. The van der Waals surface area contributed by atoms with Crippen molar-refractivity contribution in [2.45, 2.75) is 112 Å². The maximum atomic E-state index is 9.32. The first-order valence-electron chi connectivity index (χ1n) is 12.8. The van der Waals surface area contributed by atoms with Crippen LogP contribution in [0.25, 0.3) is 0 Å². The molecular weight excluding hydrogens is 352 g/mol. The van der Waals surface area contributed by atoms with Crippen LogP contribution in [0.15, 0.2) is 23.0 Å². The van der Waals surface area contributed by atoms with Crippen molar-refractivity contribution >= 4 is 0 Å². The van der Waals surface area contributed by atoms with Gasteiger partial charge in [-0.2, -0.15) is 0 Å². The first-order valence-corrected chi connectivity index (χ1v) is 12.8. The van der Waals surface area contributed by atoms with Gasteiger partial charge in [0.1, 0.15) is 0 Å². The van der Waals surface area contributed by atoms with Crippen molar-refractivity contribution in [3.63, 3.8) is 0 Å². The van der Waals surface area contributed by atoms with Gasteiger partial charge in [-0.1, -0.05) is 51.7 Å². The molecule has 1 heteroatoms. The van der Waals surface area contributed by atoms with Gasteiger partial charge in [-0.3, -0.25) is 0 Å². The Morgan fingerprint density at radius 3 is 2.59 bits per heavy atom. The first kappa shape index (κ1) is 21.5. The van der Waals surface area contributed by atoms with Crippen molar-refractivity contribution in [3.8, 4) is 0 Å². The number of allylic oxidation sites excluding steroid dienone is 3. The molecule has 4 aliphatic rings. The highest BCUT2D eigenvalue weighted by molar-refractivity contribution is 5.34. The van der Waals surface area contributed by atoms with E-state index in [1.54, 1.807) is 0 Å². The van der Waals surface area contributed by atoms with E-state index in [0.29, 0.717) is 16.7 Å². The molecule has 1 unspecified atom stereocenters. The van der Waals surface area contributed by atoms with Gasteiger partial charge in [0.05, 0.1) is 6.26 Å². The quantitative estimate of drug-likeness (QED) is 0.363. The summed E-state index contributed by atoms with van der Waals surface area (Å²) in [4.78, 5) is 0. The van der Waals surface area contributed by atoms with E-state index in [2.05, 4.69) is 34.6 Å². The number of fused-ring (bicyclic) bond motifs is 4. The van der Waals surface area contributed by atoms with Gasteiger partial charge < -0.3 is 5.11 Å². The van der Waals surface area contributed by atoms with Crippen molar-refractivity contribution in [2.75, 3.05) is 0 Å². The summed E-state index contributed by atoms with van der Waals surface area (Å²) in [5.41, 5.74) is 6.16. The Morgan fingerprint density at radius 1 is 1.03 bits per heavy atom. The van der Waals surface area contributed by atoms with Crippen molar-refractivity contribution in [2.24, 2.45) is 40.4 Å². The predicted molar refractivity (Wildman–Crippen MR) is 124 cm³/mol. The van der Waals surface area contributed by atoms with E-state index in [0.717, 1.165) is 29.2 Å². The second kappa shape index (κ2) is 8.08. The number of rotatable bonds is 5. The minimum Gasteiger partial charge on any atom is -0.516 e. The molecule has 1 nitrogen and oxygen atoms in total. The van der Waals surface area contributed by atoms with Crippen molar-refractivity contribution in [1.29, 1.82) is 0 Å². The summed E-state index contributed by atoms with van der Waals surface area (Å²) in [6.07, 6.45) is 18.4. The van der Waals surface area contributed by atoms with Crippen molar-refractivity contribution < 1.29 is 5.11 Å². The highest BCUT2D eigenvalue weighted by atomic mass is 16.2. The van der Waals surface area contributed by atoms with Gasteiger partial charge in [-0.15, -0.1) is 0 Å². The van der Waals surface area contributed by atoms with E-state index in [9.17, 15) is 5.11 Å². The lowest BCUT2D eigenvalue weighted by molar-refractivity contribution is 0.0657. The van der Waals surface area contributed by atoms with Gasteiger partial charge >= 0.3 is 0 Å². The van der Waals surface area contributed by atoms with Crippen LogP contribution in [0.5, 0.6) is 0 Å². The van der Waals surface area contributed by atoms with E-state index in [1.807, 2.05) is 11.1 Å². The topological polar surface area (TPSA) is 20.2 Å². The third kappa shape index (κ3) is 3.53. The molecule has 0 bridgehead atoms. The summed E-state index contributed by atoms with van der Waals surface area (Å²) in [5.74, 6) is 4.08. The number of aliphatic hydroxyl groups is 1. The van der Waals surface area contributed by atoms with E-state index < -0.39 is 0 Å². The molecule has 29 heavy (non-hydrogen) atoms. The molecule has 0 saturated heterocycles. The summed E-state index contributed by atoms with van der Waals surface area (Å²) < 4.78 is 0. The highest BCUT2D eigenvalue weighted by Crippen LogP contribution is 2.66. The van der Waals surface area contributed by atoms with E-state index in [4.69, 9.17) is 0 Å². The molecule has 0 aromatic rings. The fourth-order valence-electron chi connectivity index (χ4n) is 8.54. The lowest BCUT2D eigenvalue weighted by atomic mass is 9.50. The molecule has 4 aliphatic carbocycles. The van der Waals surface area contributed by atoms with E-state index in [1.165, 1.54) is 83.3 Å². The Kier molecular flexibility index (Phi) is 6.00. The van der Waals surface area contributed by atoms with Gasteiger partial charge in [-0.05, 0) is 117 Å². The van der Waals surface area contributed by atoms with E-state index >= 15 is 0 Å². The van der Waals surface area contributed by atoms with Gasteiger partial charge in [-0.25, -0.2) is 0 Å². The number of aliphatic hydroxyl groups excluding tert-OH is 1. The maximum absolute atomic E-state index is 9.32. The zero-order valence-electron chi connectivity index (χ0n) is 19.9. The van der Waals surface area contributed by atoms with Gasteiger partial charge in [0.2, 0.25) is 0 Å². The van der Waals surface area contributed by atoms with Crippen molar-refractivity contribution in [3.05, 3.63) is 23.0 Å². The smallest absolute Gasteiger partial charge is 0.0783 e. The van der Waals surface area contributed by atoms with Crippen LogP contribution in [0.2, 0.25) is 0 Å². The maximum Gasteiger partial charge on any atom is 0.0783 e. The van der Waals surface area contributed by atoms with Crippen LogP contribution >= 0.6 is 0 Å². The number of hydrogen-bond donors (Lipinski definition) is 1. The Hall–Kier alpha value is -0.720. The molecular formula is C28H46O. The molecule has 0 aliphatic heterocycles. The summed E-state index contributed by atoms with van der Waals surface area (Å²) in [6.45, 7) is 12.2. The Bertz CT molecular complexity index is 672. The summed E-state index contributed by atoms with van der Waals surface area (Å²) in [6, 6.07) is 0. The zero-order chi connectivity index (χ0) is 20.8. The average molecular weight is 399 g/mol. The predicted octanol–water partition coefficient (Wildman–Crippen LogP) is 8.61. The SMILES string of the molecule is CC(=CO)[C@@H](C)CC[C@@H](C)[C@H]1CC[C@H]2C3=C(CC[C@]12C)[C@@]1(C)CCCCC1CC3. The molecule has 2 saturated carbocycles.